The first kappa shape index (κ1) is 12.0. The fourth-order valence-corrected chi connectivity index (χ4v) is 2.09. The first-order valence-corrected chi connectivity index (χ1v) is 5.94. The Labute approximate surface area is 88.4 Å². The Morgan fingerprint density at radius 1 is 1.50 bits per heavy atom. The van der Waals surface area contributed by atoms with Crippen molar-refractivity contribution >= 4 is 0 Å². The first-order chi connectivity index (χ1) is 6.53. The van der Waals surface area contributed by atoms with Crippen molar-refractivity contribution in [2.45, 2.75) is 71.1 Å². The van der Waals surface area contributed by atoms with Crippen molar-refractivity contribution in [3.05, 3.63) is 0 Å². The van der Waals surface area contributed by atoms with E-state index in [-0.39, 0.29) is 5.60 Å². The van der Waals surface area contributed by atoms with Crippen LogP contribution in [0, 0.1) is 0 Å². The zero-order chi connectivity index (χ0) is 10.6. The molecule has 14 heavy (non-hydrogen) atoms. The molecular weight excluding hydrogens is 174 g/mol. The molecule has 0 amide bonds. The van der Waals surface area contributed by atoms with Crippen LogP contribution >= 0.6 is 0 Å². The topological polar surface area (TPSA) is 21.3 Å². The molecule has 2 unspecified atom stereocenters. The van der Waals surface area contributed by atoms with Gasteiger partial charge in [-0.25, -0.2) is 0 Å². The van der Waals surface area contributed by atoms with E-state index in [1.807, 2.05) is 0 Å². The van der Waals surface area contributed by atoms with Crippen LogP contribution in [0.2, 0.25) is 0 Å². The molecule has 0 radical (unpaired) electrons. The number of hydrogen-bond donors (Lipinski definition) is 1. The maximum atomic E-state index is 5.91. The van der Waals surface area contributed by atoms with E-state index in [9.17, 15) is 0 Å². The highest BCUT2D eigenvalue weighted by Crippen LogP contribution is 2.28. The van der Waals surface area contributed by atoms with E-state index in [4.69, 9.17) is 4.74 Å². The molecule has 0 spiro atoms. The Morgan fingerprint density at radius 3 is 2.71 bits per heavy atom. The van der Waals surface area contributed by atoms with E-state index in [1.54, 1.807) is 0 Å². The van der Waals surface area contributed by atoms with Gasteiger partial charge in [0.05, 0.1) is 11.7 Å². The van der Waals surface area contributed by atoms with Gasteiger partial charge in [-0.15, -0.1) is 0 Å². The van der Waals surface area contributed by atoms with Gasteiger partial charge in [0, 0.05) is 12.6 Å². The van der Waals surface area contributed by atoms with Gasteiger partial charge in [-0.1, -0.05) is 13.3 Å². The summed E-state index contributed by atoms with van der Waals surface area (Å²) < 4.78 is 5.91. The minimum atomic E-state index is 0.111. The first-order valence-electron chi connectivity index (χ1n) is 5.94. The number of ether oxygens (including phenoxy) is 1. The van der Waals surface area contributed by atoms with Gasteiger partial charge in [0.15, 0.2) is 0 Å². The van der Waals surface area contributed by atoms with Gasteiger partial charge < -0.3 is 10.1 Å². The van der Waals surface area contributed by atoms with Crippen molar-refractivity contribution < 1.29 is 4.74 Å². The fraction of sp³-hybridized carbons (Fsp3) is 1.00. The van der Waals surface area contributed by atoms with Gasteiger partial charge in [-0.05, 0) is 40.0 Å². The van der Waals surface area contributed by atoms with Gasteiger partial charge >= 0.3 is 0 Å². The minimum Gasteiger partial charge on any atom is -0.371 e. The molecule has 1 aliphatic rings. The van der Waals surface area contributed by atoms with E-state index in [0.717, 1.165) is 6.54 Å². The molecule has 0 aromatic rings. The van der Waals surface area contributed by atoms with Crippen molar-refractivity contribution in [3.8, 4) is 0 Å². The van der Waals surface area contributed by atoms with Gasteiger partial charge in [0.1, 0.15) is 0 Å². The van der Waals surface area contributed by atoms with E-state index < -0.39 is 0 Å². The maximum absolute atomic E-state index is 5.91. The quantitative estimate of drug-likeness (QED) is 0.735. The molecule has 0 bridgehead atoms. The summed E-state index contributed by atoms with van der Waals surface area (Å²) in [5.74, 6) is 0. The molecule has 1 heterocycles. The second kappa shape index (κ2) is 5.13. The van der Waals surface area contributed by atoms with Crippen LogP contribution in [0.4, 0.5) is 0 Å². The molecule has 0 saturated carbocycles. The Hall–Kier alpha value is -0.0800. The molecule has 1 N–H and O–H groups in total. The predicted molar refractivity (Wildman–Crippen MR) is 60.6 cm³/mol. The second-order valence-electron chi connectivity index (χ2n) is 5.14. The average molecular weight is 199 g/mol. The average Bonchev–Trinajstić information content (AvgIpc) is 2.43. The van der Waals surface area contributed by atoms with Crippen LogP contribution < -0.4 is 5.32 Å². The Bertz CT molecular complexity index is 168. The highest BCUT2D eigenvalue weighted by molar-refractivity contribution is 4.82. The summed E-state index contributed by atoms with van der Waals surface area (Å²) in [6.07, 6.45) is 5.35. The monoisotopic (exact) mass is 199 g/mol. The lowest BCUT2D eigenvalue weighted by molar-refractivity contribution is -0.0150. The number of hydrogen-bond acceptors (Lipinski definition) is 2. The second-order valence-corrected chi connectivity index (χ2v) is 5.14. The van der Waals surface area contributed by atoms with Crippen molar-refractivity contribution in [1.29, 1.82) is 0 Å². The van der Waals surface area contributed by atoms with Gasteiger partial charge in [-0.3, -0.25) is 0 Å². The Balaban J connectivity index is 2.14. The third-order valence-corrected chi connectivity index (χ3v) is 2.97. The zero-order valence-electron chi connectivity index (χ0n) is 10.1. The molecule has 0 aromatic carbocycles. The van der Waals surface area contributed by atoms with Crippen molar-refractivity contribution in [3.63, 3.8) is 0 Å². The predicted octanol–water partition coefficient (Wildman–Crippen LogP) is 2.72. The van der Waals surface area contributed by atoms with Crippen LogP contribution in [0.15, 0.2) is 0 Å². The van der Waals surface area contributed by atoms with Crippen LogP contribution in [0.5, 0.6) is 0 Å². The van der Waals surface area contributed by atoms with E-state index >= 15 is 0 Å². The van der Waals surface area contributed by atoms with Gasteiger partial charge in [0.25, 0.3) is 0 Å². The standard InChI is InChI=1S/C12H25NO/c1-5-6-10(2)13-9-11-7-8-12(3,4)14-11/h10-11,13H,5-9H2,1-4H3. The molecule has 2 atom stereocenters. The zero-order valence-corrected chi connectivity index (χ0v) is 10.1. The maximum Gasteiger partial charge on any atom is 0.0707 e. The summed E-state index contributed by atoms with van der Waals surface area (Å²) >= 11 is 0. The minimum absolute atomic E-state index is 0.111. The van der Waals surface area contributed by atoms with E-state index in [1.165, 1.54) is 25.7 Å². The smallest absolute Gasteiger partial charge is 0.0707 e. The Morgan fingerprint density at radius 2 is 2.21 bits per heavy atom. The lowest BCUT2D eigenvalue weighted by Crippen LogP contribution is -2.34. The largest absolute Gasteiger partial charge is 0.371 e. The van der Waals surface area contributed by atoms with E-state index in [2.05, 4.69) is 33.0 Å². The summed E-state index contributed by atoms with van der Waals surface area (Å²) in [4.78, 5) is 0. The summed E-state index contributed by atoms with van der Waals surface area (Å²) in [7, 11) is 0. The molecular formula is C12H25NO. The molecule has 1 fully saturated rings. The Kier molecular flexibility index (Phi) is 4.39. The van der Waals surface area contributed by atoms with Crippen LogP contribution in [0.25, 0.3) is 0 Å². The van der Waals surface area contributed by atoms with Crippen molar-refractivity contribution in [2.24, 2.45) is 0 Å². The van der Waals surface area contributed by atoms with Gasteiger partial charge in [-0.2, -0.15) is 0 Å². The molecule has 0 aromatic heterocycles. The molecule has 2 nitrogen and oxygen atoms in total. The van der Waals surface area contributed by atoms with Crippen LogP contribution in [-0.2, 0) is 4.74 Å². The summed E-state index contributed by atoms with van der Waals surface area (Å²) in [6.45, 7) is 9.87. The van der Waals surface area contributed by atoms with Crippen LogP contribution in [-0.4, -0.2) is 24.3 Å². The molecule has 1 aliphatic heterocycles. The summed E-state index contributed by atoms with van der Waals surface area (Å²) in [5, 5.41) is 3.54. The third kappa shape index (κ3) is 3.97. The van der Waals surface area contributed by atoms with Crippen LogP contribution in [0.3, 0.4) is 0 Å². The third-order valence-electron chi connectivity index (χ3n) is 2.97. The number of nitrogens with one attached hydrogen (secondary N) is 1. The molecule has 1 rings (SSSR count). The highest BCUT2D eigenvalue weighted by atomic mass is 16.5. The van der Waals surface area contributed by atoms with Crippen molar-refractivity contribution in [2.75, 3.05) is 6.54 Å². The van der Waals surface area contributed by atoms with Gasteiger partial charge in [0.2, 0.25) is 0 Å². The molecule has 0 aliphatic carbocycles. The SMILES string of the molecule is CCCC(C)NCC1CCC(C)(C)O1. The summed E-state index contributed by atoms with van der Waals surface area (Å²) in [5.41, 5.74) is 0.111. The molecule has 2 heteroatoms. The molecule has 1 saturated heterocycles. The number of rotatable bonds is 5. The van der Waals surface area contributed by atoms with Crippen LogP contribution in [0.1, 0.15) is 53.4 Å². The van der Waals surface area contributed by atoms with E-state index in [0.29, 0.717) is 12.1 Å². The lowest BCUT2D eigenvalue weighted by atomic mass is 10.1. The normalized spacial score (nSPS) is 27.9. The summed E-state index contributed by atoms with van der Waals surface area (Å²) in [6, 6.07) is 0.632. The highest BCUT2D eigenvalue weighted by Gasteiger charge is 2.31. The molecule has 84 valence electrons. The van der Waals surface area contributed by atoms with Crippen molar-refractivity contribution in [1.82, 2.24) is 5.32 Å². The fourth-order valence-electron chi connectivity index (χ4n) is 2.09. The lowest BCUT2D eigenvalue weighted by Gasteiger charge is -2.21.